The fraction of sp³-hybridized carbons (Fsp3) is 0.588. The van der Waals surface area contributed by atoms with Crippen LogP contribution in [0.5, 0.6) is 5.75 Å². The molecule has 122 valence electrons. The first-order valence-corrected chi connectivity index (χ1v) is 7.80. The van der Waals surface area contributed by atoms with Crippen LogP contribution < -0.4 is 4.74 Å². The van der Waals surface area contributed by atoms with Crippen LogP contribution in [-0.4, -0.2) is 66.8 Å². The highest BCUT2D eigenvalue weighted by atomic mass is 16.5. The van der Waals surface area contributed by atoms with Crippen molar-refractivity contribution >= 4 is 5.91 Å². The van der Waals surface area contributed by atoms with Gasteiger partial charge in [0.15, 0.2) is 0 Å². The van der Waals surface area contributed by atoms with Crippen molar-refractivity contribution in [1.82, 2.24) is 9.80 Å². The zero-order valence-electron chi connectivity index (χ0n) is 13.7. The number of benzene rings is 1. The van der Waals surface area contributed by atoms with Crippen molar-refractivity contribution in [3.05, 3.63) is 29.8 Å². The Labute approximate surface area is 132 Å². The van der Waals surface area contributed by atoms with E-state index in [0.29, 0.717) is 6.54 Å². The highest BCUT2D eigenvalue weighted by Crippen LogP contribution is 2.20. The van der Waals surface area contributed by atoms with Crippen LogP contribution in [0.2, 0.25) is 0 Å². The summed E-state index contributed by atoms with van der Waals surface area (Å²) in [4.78, 5) is 15.8. The molecule has 1 aliphatic heterocycles. The summed E-state index contributed by atoms with van der Waals surface area (Å²) in [7, 11) is 3.55. The zero-order chi connectivity index (χ0) is 16.1. The third-order valence-corrected chi connectivity index (χ3v) is 4.06. The lowest BCUT2D eigenvalue weighted by Gasteiger charge is -2.27. The van der Waals surface area contributed by atoms with E-state index in [1.165, 1.54) is 0 Å². The van der Waals surface area contributed by atoms with Crippen molar-refractivity contribution in [1.29, 1.82) is 0 Å². The van der Waals surface area contributed by atoms with Crippen LogP contribution in [0.15, 0.2) is 24.3 Å². The van der Waals surface area contributed by atoms with Crippen LogP contribution >= 0.6 is 0 Å². The number of ether oxygens (including phenoxy) is 1. The van der Waals surface area contributed by atoms with Gasteiger partial charge in [0.1, 0.15) is 18.5 Å². The molecule has 0 bridgehead atoms. The monoisotopic (exact) mass is 306 g/mol. The molecule has 2 unspecified atom stereocenters. The molecule has 22 heavy (non-hydrogen) atoms. The normalized spacial score (nSPS) is 19.9. The van der Waals surface area contributed by atoms with Crippen LogP contribution in [0.25, 0.3) is 0 Å². The maximum Gasteiger partial charge on any atom is 0.239 e. The van der Waals surface area contributed by atoms with Crippen molar-refractivity contribution < 1.29 is 14.6 Å². The number of rotatable bonds is 6. The van der Waals surface area contributed by atoms with E-state index in [1.54, 1.807) is 19.0 Å². The average molecular weight is 306 g/mol. The smallest absolute Gasteiger partial charge is 0.239 e. The summed E-state index contributed by atoms with van der Waals surface area (Å²) < 4.78 is 5.68. The van der Waals surface area contributed by atoms with Gasteiger partial charge in [0.25, 0.3) is 0 Å². The molecule has 1 aromatic rings. The molecular weight excluding hydrogens is 280 g/mol. The lowest BCUT2D eigenvalue weighted by Crippen LogP contribution is -2.46. The van der Waals surface area contributed by atoms with E-state index < -0.39 is 6.10 Å². The molecule has 0 aliphatic carbocycles. The number of aliphatic hydroxyl groups is 1. The summed E-state index contributed by atoms with van der Waals surface area (Å²) in [5.41, 5.74) is 1.05. The second-order valence-corrected chi connectivity index (χ2v) is 6.12. The van der Waals surface area contributed by atoms with E-state index in [-0.39, 0.29) is 18.6 Å². The minimum absolute atomic E-state index is 0.108. The lowest BCUT2D eigenvalue weighted by molar-refractivity contribution is -0.133. The van der Waals surface area contributed by atoms with Crippen molar-refractivity contribution in [2.24, 2.45) is 0 Å². The van der Waals surface area contributed by atoms with Gasteiger partial charge in [-0.15, -0.1) is 0 Å². The molecular formula is C17H26N2O3. The summed E-state index contributed by atoms with van der Waals surface area (Å²) >= 11 is 0. The van der Waals surface area contributed by atoms with Gasteiger partial charge in [0, 0.05) is 20.6 Å². The van der Waals surface area contributed by atoms with Crippen molar-refractivity contribution in [3.63, 3.8) is 0 Å². The Morgan fingerprint density at radius 2 is 2.18 bits per heavy atom. The number of amides is 1. The molecule has 2 atom stereocenters. The number of β-amino-alcohol motifs (C(OH)–C–C–N with tert-alkyl or cyclic N) is 1. The molecule has 1 N–H and O–H groups in total. The molecule has 2 rings (SSSR count). The Hall–Kier alpha value is -1.59. The fourth-order valence-corrected chi connectivity index (χ4v) is 2.85. The standard InChI is InChI=1S/C17H26N2O3/c1-13-7-4-5-9-16(13)22-12-14(20)11-19-10-6-8-15(19)17(21)18(2)3/h4-5,7,9,14-15,20H,6,8,10-12H2,1-3H3. The number of likely N-dealkylation sites (tertiary alicyclic amines) is 1. The van der Waals surface area contributed by atoms with Gasteiger partial charge in [0.2, 0.25) is 5.91 Å². The Kier molecular flexibility index (Phi) is 5.80. The van der Waals surface area contributed by atoms with Gasteiger partial charge in [-0.05, 0) is 37.9 Å². The van der Waals surface area contributed by atoms with E-state index in [4.69, 9.17) is 4.74 Å². The van der Waals surface area contributed by atoms with E-state index >= 15 is 0 Å². The highest BCUT2D eigenvalue weighted by molar-refractivity contribution is 5.81. The van der Waals surface area contributed by atoms with Gasteiger partial charge in [-0.1, -0.05) is 18.2 Å². The minimum atomic E-state index is -0.602. The van der Waals surface area contributed by atoms with E-state index in [9.17, 15) is 9.90 Å². The zero-order valence-corrected chi connectivity index (χ0v) is 13.7. The maximum absolute atomic E-state index is 12.1. The van der Waals surface area contributed by atoms with E-state index in [0.717, 1.165) is 30.7 Å². The van der Waals surface area contributed by atoms with Crippen molar-refractivity contribution in [2.45, 2.75) is 31.9 Å². The van der Waals surface area contributed by atoms with Crippen LogP contribution in [-0.2, 0) is 4.79 Å². The summed E-state index contributed by atoms with van der Waals surface area (Å²) in [5.74, 6) is 0.911. The molecule has 1 aromatic carbocycles. The molecule has 0 aromatic heterocycles. The van der Waals surface area contributed by atoms with E-state index in [1.807, 2.05) is 31.2 Å². The van der Waals surface area contributed by atoms with Crippen LogP contribution in [0.1, 0.15) is 18.4 Å². The first-order valence-electron chi connectivity index (χ1n) is 7.80. The Morgan fingerprint density at radius 1 is 1.45 bits per heavy atom. The second kappa shape index (κ2) is 7.61. The van der Waals surface area contributed by atoms with Gasteiger partial charge in [-0.25, -0.2) is 0 Å². The van der Waals surface area contributed by atoms with Crippen molar-refractivity contribution in [2.75, 3.05) is 33.8 Å². The summed E-state index contributed by atoms with van der Waals surface area (Å²) in [6.45, 7) is 3.54. The van der Waals surface area contributed by atoms with Crippen molar-refractivity contribution in [3.8, 4) is 5.75 Å². The molecule has 1 aliphatic rings. The highest BCUT2D eigenvalue weighted by Gasteiger charge is 2.32. The van der Waals surface area contributed by atoms with Crippen LogP contribution in [0, 0.1) is 6.92 Å². The molecule has 0 spiro atoms. The summed E-state index contributed by atoms with van der Waals surface area (Å²) in [5, 5.41) is 10.2. The number of hydrogen-bond donors (Lipinski definition) is 1. The average Bonchev–Trinajstić information content (AvgIpc) is 2.93. The molecule has 1 amide bonds. The predicted octanol–water partition coefficient (Wildman–Crippen LogP) is 1.29. The Morgan fingerprint density at radius 3 is 2.86 bits per heavy atom. The third kappa shape index (κ3) is 4.21. The second-order valence-electron chi connectivity index (χ2n) is 6.12. The number of aliphatic hydroxyl groups excluding tert-OH is 1. The van der Waals surface area contributed by atoms with Gasteiger partial charge < -0.3 is 14.7 Å². The molecule has 5 heteroatoms. The molecule has 1 heterocycles. The molecule has 5 nitrogen and oxygen atoms in total. The topological polar surface area (TPSA) is 53.0 Å². The number of aryl methyl sites for hydroxylation is 1. The fourth-order valence-electron chi connectivity index (χ4n) is 2.85. The molecule has 1 saturated heterocycles. The Balaban J connectivity index is 1.85. The van der Waals surface area contributed by atoms with Gasteiger partial charge in [0.05, 0.1) is 6.04 Å². The summed E-state index contributed by atoms with van der Waals surface area (Å²) in [6, 6.07) is 7.65. The number of nitrogens with zero attached hydrogens (tertiary/aromatic N) is 2. The molecule has 0 radical (unpaired) electrons. The maximum atomic E-state index is 12.1. The summed E-state index contributed by atoms with van der Waals surface area (Å²) in [6.07, 6.45) is 1.26. The van der Waals surface area contributed by atoms with E-state index in [2.05, 4.69) is 4.90 Å². The Bertz CT molecular complexity index is 504. The number of carbonyl (C=O) groups is 1. The van der Waals surface area contributed by atoms with Crippen LogP contribution in [0.3, 0.4) is 0 Å². The quantitative estimate of drug-likeness (QED) is 0.860. The van der Waals surface area contributed by atoms with Crippen LogP contribution in [0.4, 0.5) is 0 Å². The minimum Gasteiger partial charge on any atom is -0.491 e. The molecule has 0 saturated carbocycles. The number of para-hydroxylation sites is 1. The SMILES string of the molecule is Cc1ccccc1OCC(O)CN1CCCC1C(=O)N(C)C. The van der Waals surface area contributed by atoms with Gasteiger partial charge >= 0.3 is 0 Å². The molecule has 1 fully saturated rings. The van der Waals surface area contributed by atoms with Gasteiger partial charge in [-0.2, -0.15) is 0 Å². The predicted molar refractivity (Wildman–Crippen MR) is 86.0 cm³/mol. The lowest BCUT2D eigenvalue weighted by atomic mass is 10.2. The number of carbonyl (C=O) groups excluding carboxylic acids is 1. The first-order chi connectivity index (χ1) is 10.5. The largest absolute Gasteiger partial charge is 0.491 e. The van der Waals surface area contributed by atoms with Gasteiger partial charge in [-0.3, -0.25) is 9.69 Å². The third-order valence-electron chi connectivity index (χ3n) is 4.06. The first kappa shape index (κ1) is 16.8. The number of likely N-dealkylation sites (N-methyl/N-ethyl adjacent to an activating group) is 1. The number of hydrogen-bond acceptors (Lipinski definition) is 4.